The molecule has 0 aliphatic carbocycles. The Bertz CT molecular complexity index is 578. The van der Waals surface area contributed by atoms with Crippen molar-refractivity contribution in [3.63, 3.8) is 0 Å². The van der Waals surface area contributed by atoms with Crippen LogP contribution in [0.25, 0.3) is 0 Å². The summed E-state index contributed by atoms with van der Waals surface area (Å²) in [4.78, 5) is 14.4. The van der Waals surface area contributed by atoms with Crippen LogP contribution in [-0.4, -0.2) is 30.4 Å². The summed E-state index contributed by atoms with van der Waals surface area (Å²) < 4.78 is 0. The van der Waals surface area contributed by atoms with E-state index in [0.717, 1.165) is 36.2 Å². The van der Waals surface area contributed by atoms with Crippen LogP contribution < -0.4 is 5.73 Å². The second-order valence-corrected chi connectivity index (χ2v) is 6.18. The van der Waals surface area contributed by atoms with Crippen molar-refractivity contribution in [2.45, 2.75) is 27.2 Å². The predicted octanol–water partition coefficient (Wildman–Crippen LogP) is 2.18. The van der Waals surface area contributed by atoms with Crippen molar-refractivity contribution < 1.29 is 4.79 Å². The Kier molecular flexibility index (Phi) is 4.15. The summed E-state index contributed by atoms with van der Waals surface area (Å²) >= 11 is 0. The highest BCUT2D eigenvalue weighted by Gasteiger charge is 2.32. The first-order valence-corrected chi connectivity index (χ1v) is 7.02. The second-order valence-electron chi connectivity index (χ2n) is 6.18. The van der Waals surface area contributed by atoms with E-state index in [9.17, 15) is 4.79 Å². The molecule has 1 amide bonds. The van der Waals surface area contributed by atoms with E-state index in [1.807, 2.05) is 30.0 Å². The Morgan fingerprint density at radius 1 is 1.45 bits per heavy atom. The van der Waals surface area contributed by atoms with Crippen molar-refractivity contribution in [3.05, 3.63) is 34.9 Å². The molecule has 0 saturated carbocycles. The molecule has 3 heteroatoms. The first-order valence-electron chi connectivity index (χ1n) is 7.02. The number of carbonyl (C=O) groups is 1. The summed E-state index contributed by atoms with van der Waals surface area (Å²) in [6.45, 7) is 8.42. The summed E-state index contributed by atoms with van der Waals surface area (Å²) in [7, 11) is 0. The molecule has 0 radical (unpaired) electrons. The lowest BCUT2D eigenvalue weighted by molar-refractivity contribution is 0.0778. The summed E-state index contributed by atoms with van der Waals surface area (Å²) in [5.74, 6) is 5.99. The smallest absolute Gasteiger partial charge is 0.253 e. The molecule has 2 rings (SSSR count). The molecule has 1 aliphatic heterocycles. The number of benzene rings is 1. The Morgan fingerprint density at radius 3 is 2.75 bits per heavy atom. The average Bonchev–Trinajstić information content (AvgIpc) is 2.77. The minimum atomic E-state index is 0.122. The minimum absolute atomic E-state index is 0.122. The maximum absolute atomic E-state index is 12.5. The number of hydrogen-bond donors (Lipinski definition) is 1. The lowest BCUT2D eigenvalue weighted by Crippen LogP contribution is -2.30. The highest BCUT2D eigenvalue weighted by atomic mass is 16.2. The lowest BCUT2D eigenvalue weighted by Gasteiger charge is -2.20. The van der Waals surface area contributed by atoms with E-state index >= 15 is 0 Å². The van der Waals surface area contributed by atoms with Gasteiger partial charge in [0, 0.05) is 24.2 Å². The number of nitrogens with zero attached hydrogens (tertiary/aromatic N) is 1. The minimum Gasteiger partial charge on any atom is -0.338 e. The van der Waals surface area contributed by atoms with E-state index in [-0.39, 0.29) is 11.3 Å². The van der Waals surface area contributed by atoms with Crippen LogP contribution in [0.2, 0.25) is 0 Å². The van der Waals surface area contributed by atoms with Crippen LogP contribution in [0.3, 0.4) is 0 Å². The Morgan fingerprint density at radius 2 is 2.20 bits per heavy atom. The normalized spacial score (nSPS) is 16.7. The Labute approximate surface area is 121 Å². The van der Waals surface area contributed by atoms with Gasteiger partial charge in [0.1, 0.15) is 0 Å². The van der Waals surface area contributed by atoms with Crippen LogP contribution in [-0.2, 0) is 0 Å². The third-order valence-corrected chi connectivity index (χ3v) is 3.76. The van der Waals surface area contributed by atoms with Gasteiger partial charge < -0.3 is 10.6 Å². The largest absolute Gasteiger partial charge is 0.338 e. The Balaban J connectivity index is 2.18. The Hall–Kier alpha value is -1.79. The van der Waals surface area contributed by atoms with E-state index in [1.54, 1.807) is 0 Å². The predicted molar refractivity (Wildman–Crippen MR) is 81.4 cm³/mol. The van der Waals surface area contributed by atoms with Gasteiger partial charge in [-0.15, -0.1) is 0 Å². The van der Waals surface area contributed by atoms with Crippen LogP contribution >= 0.6 is 0 Å². The van der Waals surface area contributed by atoms with Crippen LogP contribution in [0.5, 0.6) is 0 Å². The van der Waals surface area contributed by atoms with Gasteiger partial charge in [0.2, 0.25) is 0 Å². The maximum Gasteiger partial charge on any atom is 0.253 e. The molecular weight excluding hydrogens is 248 g/mol. The van der Waals surface area contributed by atoms with Gasteiger partial charge in [-0.3, -0.25) is 4.79 Å². The number of hydrogen-bond acceptors (Lipinski definition) is 2. The fraction of sp³-hybridized carbons (Fsp3) is 0.471. The topological polar surface area (TPSA) is 46.3 Å². The van der Waals surface area contributed by atoms with Crippen LogP contribution in [0.4, 0.5) is 0 Å². The summed E-state index contributed by atoms with van der Waals surface area (Å²) in [6.07, 6.45) is 1.07. The molecule has 0 spiro atoms. The third kappa shape index (κ3) is 3.20. The molecule has 106 valence electrons. The molecule has 1 aromatic carbocycles. The van der Waals surface area contributed by atoms with Gasteiger partial charge in [-0.05, 0) is 42.5 Å². The monoisotopic (exact) mass is 270 g/mol. The summed E-state index contributed by atoms with van der Waals surface area (Å²) in [5, 5.41) is 0. The second kappa shape index (κ2) is 5.68. The quantitative estimate of drug-likeness (QED) is 0.795. The number of carbonyl (C=O) groups excluding carboxylic acids is 1. The average molecular weight is 270 g/mol. The standard InChI is InChI=1S/C17H22N2O/c1-13-11-15(7-6-14(13)5-4-9-18)16(20)19-10-8-17(2,3)12-19/h6-7,11H,8-10,12,18H2,1-3H3. The molecule has 1 fully saturated rings. The van der Waals surface area contributed by atoms with Gasteiger partial charge in [0.15, 0.2) is 0 Å². The van der Waals surface area contributed by atoms with Crippen molar-refractivity contribution in [2.75, 3.05) is 19.6 Å². The third-order valence-electron chi connectivity index (χ3n) is 3.76. The van der Waals surface area contributed by atoms with Crippen molar-refractivity contribution in [1.82, 2.24) is 4.90 Å². The first-order chi connectivity index (χ1) is 9.43. The number of likely N-dealkylation sites (tertiary alicyclic amines) is 1. The molecule has 0 bridgehead atoms. The number of aryl methyl sites for hydroxylation is 1. The zero-order valence-electron chi connectivity index (χ0n) is 12.5. The number of nitrogens with two attached hydrogens (primary N) is 1. The van der Waals surface area contributed by atoms with E-state index in [4.69, 9.17) is 5.73 Å². The summed E-state index contributed by atoms with van der Waals surface area (Å²) in [5.41, 5.74) is 8.32. The van der Waals surface area contributed by atoms with Gasteiger partial charge >= 0.3 is 0 Å². The van der Waals surface area contributed by atoms with Gasteiger partial charge in [0.05, 0.1) is 6.54 Å². The SMILES string of the molecule is Cc1cc(C(=O)N2CCC(C)(C)C2)ccc1C#CCN. The van der Waals surface area contributed by atoms with Gasteiger partial charge in [-0.25, -0.2) is 0 Å². The van der Waals surface area contributed by atoms with E-state index < -0.39 is 0 Å². The maximum atomic E-state index is 12.5. The molecule has 0 unspecified atom stereocenters. The molecule has 1 aliphatic rings. The first kappa shape index (κ1) is 14.6. The van der Waals surface area contributed by atoms with Gasteiger partial charge in [-0.2, -0.15) is 0 Å². The fourth-order valence-electron chi connectivity index (χ4n) is 2.55. The number of amides is 1. The van der Waals surface area contributed by atoms with Crippen LogP contribution in [0, 0.1) is 24.2 Å². The molecule has 0 aromatic heterocycles. The van der Waals surface area contributed by atoms with E-state index in [2.05, 4.69) is 25.7 Å². The van der Waals surface area contributed by atoms with Gasteiger partial charge in [-0.1, -0.05) is 25.7 Å². The lowest BCUT2D eigenvalue weighted by atomic mass is 9.93. The summed E-state index contributed by atoms with van der Waals surface area (Å²) in [6, 6.07) is 5.70. The number of rotatable bonds is 1. The molecule has 1 aromatic rings. The zero-order chi connectivity index (χ0) is 14.8. The molecule has 1 heterocycles. The van der Waals surface area contributed by atoms with Gasteiger partial charge in [0.25, 0.3) is 5.91 Å². The highest BCUT2D eigenvalue weighted by Crippen LogP contribution is 2.29. The molecule has 0 atom stereocenters. The van der Waals surface area contributed by atoms with E-state index in [0.29, 0.717) is 6.54 Å². The molecular formula is C17H22N2O. The zero-order valence-corrected chi connectivity index (χ0v) is 12.5. The van der Waals surface area contributed by atoms with Crippen molar-refractivity contribution >= 4 is 5.91 Å². The van der Waals surface area contributed by atoms with Crippen molar-refractivity contribution in [3.8, 4) is 11.8 Å². The van der Waals surface area contributed by atoms with Crippen LogP contribution in [0.1, 0.15) is 41.8 Å². The highest BCUT2D eigenvalue weighted by molar-refractivity contribution is 5.94. The van der Waals surface area contributed by atoms with E-state index in [1.165, 1.54) is 0 Å². The molecule has 2 N–H and O–H groups in total. The van der Waals surface area contributed by atoms with Crippen molar-refractivity contribution in [1.29, 1.82) is 0 Å². The molecule has 1 saturated heterocycles. The fourth-order valence-corrected chi connectivity index (χ4v) is 2.55. The molecule has 3 nitrogen and oxygen atoms in total. The molecule has 20 heavy (non-hydrogen) atoms. The van der Waals surface area contributed by atoms with Crippen LogP contribution in [0.15, 0.2) is 18.2 Å². The van der Waals surface area contributed by atoms with Crippen molar-refractivity contribution in [2.24, 2.45) is 11.1 Å².